The molecule has 1 fully saturated rings. The van der Waals surface area contributed by atoms with Crippen LogP contribution in [0.5, 0.6) is 11.5 Å². The van der Waals surface area contributed by atoms with Gasteiger partial charge in [-0.2, -0.15) is 0 Å². The molecule has 2 aromatic heterocycles. The number of H-pyrrole nitrogens is 1. The molecule has 2 aliphatic rings. The first-order valence-corrected chi connectivity index (χ1v) is 17.1. The number of ether oxygens (including phenoxy) is 7. The molecule has 2 aromatic carbocycles. The monoisotopic (exact) mass is 747 g/mol. The fourth-order valence-corrected chi connectivity index (χ4v) is 6.86. The number of methoxy groups -OCH3 is 3. The first kappa shape index (κ1) is 38.3. The maximum atomic E-state index is 13.3. The van der Waals surface area contributed by atoms with Gasteiger partial charge in [0.25, 0.3) is 5.95 Å². The summed E-state index contributed by atoms with van der Waals surface area (Å²) in [6.07, 6.45) is -3.14. The number of benzene rings is 2. The van der Waals surface area contributed by atoms with Gasteiger partial charge in [0.15, 0.2) is 24.0 Å². The Bertz CT molecular complexity index is 2090. The molecular formula is C39H43N2O13+. The van der Waals surface area contributed by atoms with Crippen LogP contribution in [0.3, 0.4) is 0 Å². The Kier molecular flexibility index (Phi) is 11.5. The van der Waals surface area contributed by atoms with Crippen LogP contribution in [0, 0.1) is 11.8 Å². The van der Waals surface area contributed by atoms with Crippen molar-refractivity contribution in [3.8, 4) is 11.5 Å². The zero-order valence-corrected chi connectivity index (χ0v) is 30.1. The Balaban J connectivity index is 1.24. The Morgan fingerprint density at radius 1 is 0.981 bits per heavy atom. The number of nitrogens with one attached hydrogen (secondary N) is 1. The normalized spacial score (nSPS) is 25.8. The number of rotatable bonds is 12. The Hall–Kier alpha value is -5.45. The van der Waals surface area contributed by atoms with Crippen LogP contribution in [0.25, 0.3) is 27.9 Å². The molecule has 4 heterocycles. The maximum Gasteiger partial charge on any atom is 0.341 e. The molecule has 15 heteroatoms. The number of para-hydroxylation sites is 1. The summed E-state index contributed by atoms with van der Waals surface area (Å²) >= 11 is 0. The highest BCUT2D eigenvalue weighted by Gasteiger charge is 2.50. The number of aryl methyl sites for hydroxylation is 1. The summed E-state index contributed by atoms with van der Waals surface area (Å²) in [5, 5.41) is 44.3. The SMILES string of the molecule is C=C[C@H]1[C@H](O[C@@H]2O[C@H](COC(=O)C=Cc3ccc(O)c(OC)c3)[C@@H](O)[C@H](O)[C@H]2O)OC(OC)=C(C(=O)OC)[C@H]1Cc1c2[nH]c3ccccc3c2cc[n+]1C. The topological polar surface area (TPSA) is 199 Å². The van der Waals surface area contributed by atoms with Gasteiger partial charge in [-0.1, -0.05) is 30.3 Å². The minimum absolute atomic E-state index is 0.0674. The van der Waals surface area contributed by atoms with Crippen molar-refractivity contribution in [1.29, 1.82) is 0 Å². The van der Waals surface area contributed by atoms with Crippen LogP contribution in [0.15, 0.2) is 85.0 Å². The smallest absolute Gasteiger partial charge is 0.341 e. The van der Waals surface area contributed by atoms with Gasteiger partial charge in [0.1, 0.15) is 49.2 Å². The lowest BCUT2D eigenvalue weighted by Crippen LogP contribution is -2.60. The number of aliphatic hydroxyl groups is 3. The number of aromatic nitrogens is 2. The Morgan fingerprint density at radius 2 is 1.76 bits per heavy atom. The van der Waals surface area contributed by atoms with Gasteiger partial charge in [-0.3, -0.25) is 0 Å². The van der Waals surface area contributed by atoms with Crippen LogP contribution in [0.2, 0.25) is 0 Å². The van der Waals surface area contributed by atoms with Gasteiger partial charge in [0, 0.05) is 46.7 Å². The second-order valence-corrected chi connectivity index (χ2v) is 12.9. The molecule has 0 radical (unpaired) electrons. The van der Waals surface area contributed by atoms with Gasteiger partial charge < -0.3 is 58.6 Å². The minimum Gasteiger partial charge on any atom is -0.504 e. The van der Waals surface area contributed by atoms with Crippen molar-refractivity contribution in [1.82, 2.24) is 4.98 Å². The van der Waals surface area contributed by atoms with Gasteiger partial charge in [0.2, 0.25) is 12.0 Å². The van der Waals surface area contributed by atoms with Gasteiger partial charge >= 0.3 is 11.9 Å². The van der Waals surface area contributed by atoms with E-state index >= 15 is 0 Å². The molecule has 6 rings (SSSR count). The molecular weight excluding hydrogens is 704 g/mol. The van der Waals surface area contributed by atoms with Crippen LogP contribution in [0.4, 0.5) is 0 Å². The predicted molar refractivity (Wildman–Crippen MR) is 191 cm³/mol. The third-order valence-corrected chi connectivity index (χ3v) is 9.74. The van der Waals surface area contributed by atoms with Crippen LogP contribution in [0.1, 0.15) is 11.3 Å². The van der Waals surface area contributed by atoms with E-state index in [1.165, 1.54) is 39.5 Å². The molecule has 2 aliphatic heterocycles. The van der Waals surface area contributed by atoms with Gasteiger partial charge in [-0.15, -0.1) is 6.58 Å². The summed E-state index contributed by atoms with van der Waals surface area (Å²) in [7, 11) is 5.85. The van der Waals surface area contributed by atoms with Crippen LogP contribution < -0.4 is 9.30 Å². The summed E-state index contributed by atoms with van der Waals surface area (Å²) in [6, 6.07) is 14.4. The lowest BCUT2D eigenvalue weighted by atomic mass is 9.80. The highest BCUT2D eigenvalue weighted by atomic mass is 16.8. The Morgan fingerprint density at radius 3 is 2.48 bits per heavy atom. The van der Waals surface area contributed by atoms with E-state index in [2.05, 4.69) is 11.6 Å². The molecule has 4 aromatic rings. The van der Waals surface area contributed by atoms with E-state index in [9.17, 15) is 30.0 Å². The number of pyridine rings is 1. The maximum absolute atomic E-state index is 13.3. The molecule has 54 heavy (non-hydrogen) atoms. The summed E-state index contributed by atoms with van der Waals surface area (Å²) in [6.45, 7) is 3.49. The number of hydrogen-bond acceptors (Lipinski definition) is 13. The van der Waals surface area contributed by atoms with Gasteiger partial charge in [-0.25, -0.2) is 14.2 Å². The molecule has 0 spiro atoms. The molecule has 0 aliphatic carbocycles. The number of phenols is 1. The van der Waals surface area contributed by atoms with Crippen molar-refractivity contribution in [2.75, 3.05) is 27.9 Å². The molecule has 286 valence electrons. The second-order valence-electron chi connectivity index (χ2n) is 12.9. The number of carbonyl (C=O) groups is 2. The molecule has 0 amide bonds. The second kappa shape index (κ2) is 16.3. The van der Waals surface area contributed by atoms with E-state index in [-0.39, 0.29) is 29.4 Å². The molecule has 15 nitrogen and oxygen atoms in total. The summed E-state index contributed by atoms with van der Waals surface area (Å²) in [5.74, 6) is -3.02. The number of aromatic amines is 1. The van der Waals surface area contributed by atoms with Crippen molar-refractivity contribution in [3.63, 3.8) is 0 Å². The predicted octanol–water partition coefficient (Wildman–Crippen LogP) is 2.29. The highest BCUT2D eigenvalue weighted by Crippen LogP contribution is 2.41. The lowest BCUT2D eigenvalue weighted by molar-refractivity contribution is -0.678. The number of esters is 2. The van der Waals surface area contributed by atoms with E-state index in [1.807, 2.05) is 48.1 Å². The fraction of sp³-hybridized carbons (Fsp3) is 0.359. The van der Waals surface area contributed by atoms with Crippen LogP contribution in [-0.2, 0) is 51.5 Å². The number of aliphatic hydroxyl groups excluding tert-OH is 3. The van der Waals surface area contributed by atoms with Crippen LogP contribution >= 0.6 is 0 Å². The molecule has 1 saturated heterocycles. The lowest BCUT2D eigenvalue weighted by Gasteiger charge is -2.43. The standard InChI is InChI=1S/C39H42N2O13/c1-6-21-24(18-26-32-23(15-16-41(26)2)22-9-7-8-10-25(22)40-32)31(36(47)49-4)38(50-5)53-37(21)54-39-35(46)34(45)33(44)29(52-39)19-51-30(43)14-12-20-11-13-27(42)28(17-20)48-3/h6-17,21,24,29,33-35,37,39,44-46H,1,18-19H2,2-5H3,(H,42,43)/p+1/t21-,24+,29-,33-,34+,35-,37+,39+/m1/s1. The number of phenolic OH excluding ortho intramolecular Hbond substituents is 1. The van der Waals surface area contributed by atoms with E-state index in [0.717, 1.165) is 33.6 Å². The van der Waals surface area contributed by atoms with E-state index < -0.39 is 67.4 Å². The zero-order valence-electron chi connectivity index (χ0n) is 30.1. The molecule has 0 unspecified atom stereocenters. The first-order valence-electron chi connectivity index (χ1n) is 17.1. The largest absolute Gasteiger partial charge is 0.504 e. The quantitative estimate of drug-likeness (QED) is 0.0613. The van der Waals surface area contributed by atoms with E-state index in [1.54, 1.807) is 12.1 Å². The summed E-state index contributed by atoms with van der Waals surface area (Å²) in [5.41, 5.74) is 3.27. The van der Waals surface area contributed by atoms with Gasteiger partial charge in [0.05, 0.1) is 21.3 Å². The van der Waals surface area contributed by atoms with E-state index in [4.69, 9.17) is 33.2 Å². The molecule has 0 saturated carbocycles. The van der Waals surface area contributed by atoms with E-state index in [0.29, 0.717) is 5.56 Å². The molecule has 0 bridgehead atoms. The van der Waals surface area contributed by atoms with Crippen LogP contribution in [-0.4, -0.2) is 102 Å². The third-order valence-electron chi connectivity index (χ3n) is 9.74. The third kappa shape index (κ3) is 7.49. The minimum atomic E-state index is -1.77. The fourth-order valence-electron chi connectivity index (χ4n) is 6.86. The van der Waals surface area contributed by atoms with Crippen molar-refractivity contribution in [2.24, 2.45) is 18.9 Å². The number of nitrogens with zero attached hydrogens (tertiary/aromatic N) is 1. The first-order chi connectivity index (χ1) is 26.0. The number of hydrogen-bond donors (Lipinski definition) is 5. The zero-order chi connectivity index (χ0) is 38.7. The highest BCUT2D eigenvalue weighted by molar-refractivity contribution is 6.07. The summed E-state index contributed by atoms with van der Waals surface area (Å²) in [4.78, 5) is 29.4. The average Bonchev–Trinajstić information content (AvgIpc) is 3.56. The average molecular weight is 748 g/mol. The summed E-state index contributed by atoms with van der Waals surface area (Å²) < 4.78 is 41.1. The van der Waals surface area contributed by atoms with Gasteiger partial charge in [-0.05, 0) is 29.8 Å². The molecule has 5 N–H and O–H groups in total. The molecule has 8 atom stereocenters. The number of aromatic hydroxyl groups is 1. The van der Waals surface area contributed by atoms with Crippen molar-refractivity contribution in [3.05, 3.63) is 96.2 Å². The Labute approximate surface area is 310 Å². The number of fused-ring (bicyclic) bond motifs is 3. The number of carbonyl (C=O) groups excluding carboxylic acids is 2. The van der Waals surface area contributed by atoms with Crippen molar-refractivity contribution >= 4 is 39.8 Å². The van der Waals surface area contributed by atoms with Crippen molar-refractivity contribution in [2.45, 2.75) is 43.4 Å². The van der Waals surface area contributed by atoms with Crippen molar-refractivity contribution < 1.29 is 67.7 Å².